The molecule has 0 aromatic carbocycles. The van der Waals surface area contributed by atoms with E-state index in [1.54, 1.807) is 11.3 Å². The van der Waals surface area contributed by atoms with Gasteiger partial charge in [0, 0.05) is 44.2 Å². The van der Waals surface area contributed by atoms with Gasteiger partial charge in [0.15, 0.2) is 5.96 Å². The zero-order valence-electron chi connectivity index (χ0n) is 15.8. The Bertz CT molecular complexity index is 514. The highest BCUT2D eigenvalue weighted by atomic mass is 32.1. The molecule has 1 saturated heterocycles. The monoisotopic (exact) mass is 362 g/mol. The summed E-state index contributed by atoms with van der Waals surface area (Å²) in [6.45, 7) is 8.64. The van der Waals surface area contributed by atoms with Crippen LogP contribution in [-0.4, -0.2) is 49.1 Å². The topological polar surface area (TPSA) is 39.7 Å². The molecule has 0 spiro atoms. The fraction of sp³-hybridized carbons (Fsp3) is 0.750. The van der Waals surface area contributed by atoms with Crippen molar-refractivity contribution in [2.75, 3.05) is 26.2 Å². The van der Waals surface area contributed by atoms with Crippen molar-refractivity contribution in [3.63, 3.8) is 0 Å². The number of hydrogen-bond acceptors (Lipinski definition) is 3. The summed E-state index contributed by atoms with van der Waals surface area (Å²) in [7, 11) is 0. The Labute approximate surface area is 157 Å². The summed E-state index contributed by atoms with van der Waals surface area (Å²) in [5, 5.41) is 11.5. The number of likely N-dealkylation sites (tertiary alicyclic amines) is 1. The van der Waals surface area contributed by atoms with Crippen molar-refractivity contribution >= 4 is 17.3 Å². The summed E-state index contributed by atoms with van der Waals surface area (Å²) in [5.74, 6) is 1.47. The molecule has 1 unspecified atom stereocenters. The van der Waals surface area contributed by atoms with Gasteiger partial charge in [-0.1, -0.05) is 19.8 Å². The third-order valence-corrected chi connectivity index (χ3v) is 6.39. The fourth-order valence-corrected chi connectivity index (χ4v) is 4.86. The molecule has 0 amide bonds. The number of nitrogens with one attached hydrogen (secondary N) is 2. The normalized spacial score (nSPS) is 22.2. The lowest BCUT2D eigenvalue weighted by atomic mass is 10.0. The Balaban J connectivity index is 1.47. The summed E-state index contributed by atoms with van der Waals surface area (Å²) in [6.07, 6.45) is 8.18. The average Bonchev–Trinajstić information content (AvgIpc) is 3.33. The minimum atomic E-state index is 0.478. The Kier molecular flexibility index (Phi) is 7.17. The molecule has 1 aromatic rings. The number of guanidine groups is 1. The summed E-state index contributed by atoms with van der Waals surface area (Å²) < 4.78 is 0. The molecule has 2 heterocycles. The van der Waals surface area contributed by atoms with Crippen LogP contribution in [0.25, 0.3) is 0 Å². The third-order valence-electron chi connectivity index (χ3n) is 5.69. The van der Waals surface area contributed by atoms with Crippen LogP contribution >= 0.6 is 11.3 Å². The molecule has 2 N–H and O–H groups in total. The third kappa shape index (κ3) is 5.45. The van der Waals surface area contributed by atoms with E-state index in [2.05, 4.69) is 46.2 Å². The summed E-state index contributed by atoms with van der Waals surface area (Å²) in [4.78, 5) is 7.58. The van der Waals surface area contributed by atoms with E-state index in [0.29, 0.717) is 12.0 Å². The maximum absolute atomic E-state index is 4.85. The molecular weight excluding hydrogens is 328 g/mol. The van der Waals surface area contributed by atoms with Crippen molar-refractivity contribution in [1.82, 2.24) is 15.5 Å². The van der Waals surface area contributed by atoms with E-state index in [4.69, 9.17) is 4.99 Å². The molecule has 140 valence electrons. The van der Waals surface area contributed by atoms with Crippen molar-refractivity contribution in [1.29, 1.82) is 0 Å². The average molecular weight is 363 g/mol. The first-order valence-electron chi connectivity index (χ1n) is 10.1. The van der Waals surface area contributed by atoms with Crippen LogP contribution in [0.4, 0.5) is 0 Å². The number of nitrogens with zero attached hydrogens (tertiary/aromatic N) is 2. The predicted molar refractivity (Wildman–Crippen MR) is 109 cm³/mol. The van der Waals surface area contributed by atoms with E-state index < -0.39 is 0 Å². The van der Waals surface area contributed by atoms with Crippen molar-refractivity contribution < 1.29 is 0 Å². The first-order valence-corrected chi connectivity index (χ1v) is 11.0. The first-order chi connectivity index (χ1) is 12.3. The van der Waals surface area contributed by atoms with Gasteiger partial charge >= 0.3 is 0 Å². The number of hydrogen-bond donors (Lipinski definition) is 2. The molecule has 1 atom stereocenters. The second kappa shape index (κ2) is 9.58. The molecule has 3 rings (SSSR count). The maximum atomic E-state index is 4.85. The van der Waals surface area contributed by atoms with Crippen molar-refractivity contribution in [2.45, 2.75) is 70.4 Å². The van der Waals surface area contributed by atoms with E-state index in [-0.39, 0.29) is 0 Å². The van der Waals surface area contributed by atoms with E-state index in [1.165, 1.54) is 57.2 Å². The molecule has 5 heteroatoms. The molecule has 4 nitrogen and oxygen atoms in total. The molecule has 1 aliphatic heterocycles. The van der Waals surface area contributed by atoms with Gasteiger partial charge in [-0.2, -0.15) is 11.3 Å². The number of aliphatic imine (C=N–C) groups is 1. The van der Waals surface area contributed by atoms with Gasteiger partial charge in [-0.3, -0.25) is 4.99 Å². The summed E-state index contributed by atoms with van der Waals surface area (Å²) >= 11 is 1.77. The van der Waals surface area contributed by atoms with Crippen molar-refractivity contribution in [3.8, 4) is 0 Å². The summed E-state index contributed by atoms with van der Waals surface area (Å²) in [5.41, 5.74) is 1.40. The highest BCUT2D eigenvalue weighted by Crippen LogP contribution is 2.26. The second-order valence-electron chi connectivity index (χ2n) is 7.57. The van der Waals surface area contributed by atoms with Crippen LogP contribution in [0.3, 0.4) is 0 Å². The first kappa shape index (κ1) is 18.7. The Morgan fingerprint density at radius 2 is 2.04 bits per heavy atom. The van der Waals surface area contributed by atoms with Gasteiger partial charge in [-0.05, 0) is 55.0 Å². The molecular formula is C20H34N4S. The Morgan fingerprint density at radius 1 is 1.28 bits per heavy atom. The molecule has 1 aromatic heterocycles. The van der Waals surface area contributed by atoms with Crippen LogP contribution in [0, 0.1) is 0 Å². The van der Waals surface area contributed by atoms with Gasteiger partial charge in [0.2, 0.25) is 0 Å². The van der Waals surface area contributed by atoms with Crippen LogP contribution in [0.1, 0.15) is 63.9 Å². The van der Waals surface area contributed by atoms with E-state index in [9.17, 15) is 0 Å². The van der Waals surface area contributed by atoms with Gasteiger partial charge < -0.3 is 15.5 Å². The van der Waals surface area contributed by atoms with Crippen molar-refractivity contribution in [3.05, 3.63) is 22.4 Å². The minimum Gasteiger partial charge on any atom is -0.357 e. The lowest BCUT2D eigenvalue weighted by Gasteiger charge is -2.36. The quantitative estimate of drug-likeness (QED) is 0.597. The van der Waals surface area contributed by atoms with Crippen molar-refractivity contribution in [2.24, 2.45) is 4.99 Å². The molecule has 1 aliphatic carbocycles. The molecule has 1 saturated carbocycles. The van der Waals surface area contributed by atoms with Gasteiger partial charge in [-0.15, -0.1) is 0 Å². The van der Waals surface area contributed by atoms with E-state index in [1.807, 2.05) is 0 Å². The van der Waals surface area contributed by atoms with E-state index in [0.717, 1.165) is 25.1 Å². The van der Waals surface area contributed by atoms with Crippen LogP contribution in [0.15, 0.2) is 21.8 Å². The second-order valence-corrected chi connectivity index (χ2v) is 8.35. The largest absolute Gasteiger partial charge is 0.357 e. The van der Waals surface area contributed by atoms with Gasteiger partial charge in [0.1, 0.15) is 0 Å². The SMILES string of the molecule is CCNC(=NCC(C)c1ccsc1)NC1CCN(C2CCCC2)CC1. The minimum absolute atomic E-state index is 0.478. The fourth-order valence-electron chi connectivity index (χ4n) is 4.08. The Hall–Kier alpha value is -1.07. The number of thiophene rings is 1. The van der Waals surface area contributed by atoms with Crippen LogP contribution in [0.2, 0.25) is 0 Å². The van der Waals surface area contributed by atoms with Crippen LogP contribution < -0.4 is 10.6 Å². The molecule has 0 radical (unpaired) electrons. The lowest BCUT2D eigenvalue weighted by molar-refractivity contribution is 0.150. The van der Waals surface area contributed by atoms with Crippen LogP contribution in [-0.2, 0) is 0 Å². The van der Waals surface area contributed by atoms with E-state index >= 15 is 0 Å². The van der Waals surface area contributed by atoms with Crippen LogP contribution in [0.5, 0.6) is 0 Å². The highest BCUT2D eigenvalue weighted by Gasteiger charge is 2.27. The Morgan fingerprint density at radius 3 is 2.68 bits per heavy atom. The number of rotatable bonds is 6. The maximum Gasteiger partial charge on any atom is 0.191 e. The molecule has 25 heavy (non-hydrogen) atoms. The smallest absolute Gasteiger partial charge is 0.191 e. The lowest BCUT2D eigenvalue weighted by Crippen LogP contribution is -2.50. The standard InChI is InChI=1S/C20H34N4S/c1-3-21-20(22-14-16(2)17-10-13-25-15-17)23-18-8-11-24(12-9-18)19-6-4-5-7-19/h10,13,15-16,18-19H,3-9,11-12,14H2,1-2H3,(H2,21,22,23). The number of piperidine rings is 1. The van der Waals surface area contributed by atoms with Gasteiger partial charge in [-0.25, -0.2) is 0 Å². The highest BCUT2D eigenvalue weighted by molar-refractivity contribution is 7.07. The summed E-state index contributed by atoms with van der Waals surface area (Å²) in [6, 6.07) is 3.64. The molecule has 2 aliphatic rings. The predicted octanol–water partition coefficient (Wildman–Crippen LogP) is 3.81. The molecule has 0 bridgehead atoms. The van der Waals surface area contributed by atoms with Gasteiger partial charge in [0.25, 0.3) is 0 Å². The zero-order valence-corrected chi connectivity index (χ0v) is 16.7. The molecule has 2 fully saturated rings. The van der Waals surface area contributed by atoms with Gasteiger partial charge in [0.05, 0.1) is 0 Å². The zero-order chi connectivity index (χ0) is 17.5.